The van der Waals surface area contributed by atoms with Crippen molar-refractivity contribution in [1.82, 2.24) is 4.90 Å². The summed E-state index contributed by atoms with van der Waals surface area (Å²) in [5.41, 5.74) is 2.74. The van der Waals surface area contributed by atoms with E-state index in [-0.39, 0.29) is 30.9 Å². The second-order valence-electron chi connectivity index (χ2n) is 7.66. The molecule has 0 unspecified atom stereocenters. The van der Waals surface area contributed by atoms with E-state index in [4.69, 9.17) is 4.74 Å². The number of nitrogens with zero attached hydrogens (tertiary/aromatic N) is 1. The third-order valence-corrected chi connectivity index (χ3v) is 4.74. The van der Waals surface area contributed by atoms with Gasteiger partial charge in [-0.15, -0.1) is 0 Å². The van der Waals surface area contributed by atoms with E-state index >= 15 is 0 Å². The number of anilines is 1. The Morgan fingerprint density at radius 2 is 1.64 bits per heavy atom. The first-order chi connectivity index (χ1) is 13.2. The van der Waals surface area contributed by atoms with Crippen molar-refractivity contribution in [2.75, 3.05) is 18.5 Å². The predicted octanol–water partition coefficient (Wildman–Crippen LogP) is 3.33. The number of rotatable bonds is 6. The van der Waals surface area contributed by atoms with Crippen LogP contribution in [0.5, 0.6) is 0 Å². The van der Waals surface area contributed by atoms with Crippen molar-refractivity contribution in [2.24, 2.45) is 0 Å². The first-order valence-corrected chi connectivity index (χ1v) is 9.13. The van der Waals surface area contributed by atoms with Crippen molar-refractivity contribution in [1.29, 1.82) is 0 Å². The second kappa shape index (κ2) is 7.56. The van der Waals surface area contributed by atoms with Crippen LogP contribution in [-0.4, -0.2) is 41.4 Å². The monoisotopic (exact) mass is 380 g/mol. The number of carbonyl (C=O) groups is 3. The molecule has 0 radical (unpaired) electrons. The Kier molecular flexibility index (Phi) is 5.34. The quantitative estimate of drug-likeness (QED) is 0.780. The van der Waals surface area contributed by atoms with Crippen LogP contribution in [0.4, 0.5) is 5.69 Å². The summed E-state index contributed by atoms with van der Waals surface area (Å²) in [6, 6.07) is 12.5. The molecule has 2 aromatic carbocycles. The Bertz CT molecular complexity index is 914. The minimum Gasteiger partial charge on any atom is -0.369 e. The fraction of sp³-hybridized carbons (Fsp3) is 0.318. The smallest absolute Gasteiger partial charge is 0.262 e. The first-order valence-electron chi connectivity index (χ1n) is 9.13. The van der Waals surface area contributed by atoms with Gasteiger partial charge in [-0.05, 0) is 51.5 Å². The van der Waals surface area contributed by atoms with E-state index in [0.717, 1.165) is 16.8 Å². The summed E-state index contributed by atoms with van der Waals surface area (Å²) < 4.78 is 5.55. The van der Waals surface area contributed by atoms with Gasteiger partial charge in [0, 0.05) is 5.69 Å². The van der Waals surface area contributed by atoms with E-state index in [1.54, 1.807) is 38.1 Å². The molecule has 0 bridgehead atoms. The maximum Gasteiger partial charge on any atom is 0.262 e. The molecule has 146 valence electrons. The zero-order chi connectivity index (χ0) is 20.5. The van der Waals surface area contributed by atoms with Crippen molar-refractivity contribution >= 4 is 23.4 Å². The van der Waals surface area contributed by atoms with Crippen LogP contribution in [0, 0.1) is 13.8 Å². The van der Waals surface area contributed by atoms with Gasteiger partial charge in [0.25, 0.3) is 11.8 Å². The first kappa shape index (κ1) is 19.8. The second-order valence-corrected chi connectivity index (χ2v) is 7.66. The van der Waals surface area contributed by atoms with Crippen molar-refractivity contribution in [3.05, 3.63) is 64.7 Å². The van der Waals surface area contributed by atoms with Gasteiger partial charge >= 0.3 is 0 Å². The summed E-state index contributed by atoms with van der Waals surface area (Å²) in [4.78, 5) is 38.6. The zero-order valence-electron chi connectivity index (χ0n) is 16.5. The molecule has 3 rings (SSSR count). The van der Waals surface area contributed by atoms with Crippen LogP contribution in [0.2, 0.25) is 0 Å². The largest absolute Gasteiger partial charge is 0.369 e. The summed E-state index contributed by atoms with van der Waals surface area (Å²) in [6.07, 6.45) is 0. The molecule has 0 spiro atoms. The molecule has 0 saturated heterocycles. The van der Waals surface area contributed by atoms with E-state index in [1.807, 2.05) is 32.0 Å². The van der Waals surface area contributed by atoms with Gasteiger partial charge in [-0.1, -0.05) is 29.8 Å². The highest BCUT2D eigenvalue weighted by Crippen LogP contribution is 2.29. The Labute approximate surface area is 164 Å². The van der Waals surface area contributed by atoms with Crippen LogP contribution in [0.3, 0.4) is 0 Å². The third-order valence-electron chi connectivity index (χ3n) is 4.74. The summed E-state index contributed by atoms with van der Waals surface area (Å²) in [7, 11) is 0. The lowest BCUT2D eigenvalue weighted by Gasteiger charge is -2.33. The maximum atomic E-state index is 12.6. The van der Waals surface area contributed by atoms with Gasteiger partial charge in [0.1, 0.15) is 6.61 Å². The molecule has 28 heavy (non-hydrogen) atoms. The predicted molar refractivity (Wildman–Crippen MR) is 106 cm³/mol. The van der Waals surface area contributed by atoms with Gasteiger partial charge in [0.2, 0.25) is 5.91 Å². The molecule has 0 saturated carbocycles. The Morgan fingerprint density at radius 1 is 1.04 bits per heavy atom. The van der Waals surface area contributed by atoms with Crippen LogP contribution >= 0.6 is 0 Å². The topological polar surface area (TPSA) is 75.7 Å². The van der Waals surface area contributed by atoms with Gasteiger partial charge in [-0.2, -0.15) is 0 Å². The molecule has 0 fully saturated rings. The average molecular weight is 380 g/mol. The summed E-state index contributed by atoms with van der Waals surface area (Å²) in [6.45, 7) is 7.30. The number of hydrogen-bond acceptors (Lipinski definition) is 4. The summed E-state index contributed by atoms with van der Waals surface area (Å²) >= 11 is 0. The number of benzene rings is 2. The van der Waals surface area contributed by atoms with E-state index < -0.39 is 5.54 Å². The van der Waals surface area contributed by atoms with Crippen molar-refractivity contribution in [3.63, 3.8) is 0 Å². The highest BCUT2D eigenvalue weighted by molar-refractivity contribution is 6.21. The minimum absolute atomic E-state index is 0.0543. The Morgan fingerprint density at radius 3 is 2.21 bits per heavy atom. The molecule has 2 aromatic rings. The van der Waals surface area contributed by atoms with Gasteiger partial charge < -0.3 is 10.1 Å². The third kappa shape index (κ3) is 3.82. The lowest BCUT2D eigenvalue weighted by molar-refractivity contribution is -0.121. The molecule has 3 amide bonds. The number of fused-ring (bicyclic) bond motifs is 1. The standard InChI is InChI=1S/C22H24N2O4/c1-14-9-10-18(15(2)11-14)23-19(25)12-28-13-22(3,4)24-20(26)16-7-5-6-8-17(16)21(24)27/h5-11H,12-13H2,1-4H3,(H,23,25). The molecular formula is C22H24N2O4. The molecule has 0 aliphatic carbocycles. The van der Waals surface area contributed by atoms with Gasteiger partial charge in [0.15, 0.2) is 0 Å². The molecule has 0 atom stereocenters. The van der Waals surface area contributed by atoms with E-state index in [9.17, 15) is 14.4 Å². The SMILES string of the molecule is Cc1ccc(NC(=O)COCC(C)(C)N2C(=O)c3ccccc3C2=O)c(C)c1. The number of carbonyl (C=O) groups excluding carboxylic acids is 3. The summed E-state index contributed by atoms with van der Waals surface area (Å²) in [5, 5.41) is 2.81. The summed E-state index contributed by atoms with van der Waals surface area (Å²) in [5.74, 6) is -0.965. The number of aryl methyl sites for hydroxylation is 2. The highest BCUT2D eigenvalue weighted by Gasteiger charge is 2.44. The van der Waals surface area contributed by atoms with Gasteiger partial charge in [-0.3, -0.25) is 19.3 Å². The van der Waals surface area contributed by atoms with Crippen molar-refractivity contribution < 1.29 is 19.1 Å². The molecule has 1 aliphatic rings. The fourth-order valence-corrected chi connectivity index (χ4v) is 3.34. The number of ether oxygens (including phenoxy) is 1. The number of imide groups is 1. The molecule has 6 heteroatoms. The Balaban J connectivity index is 1.59. The molecule has 1 N–H and O–H groups in total. The number of hydrogen-bond donors (Lipinski definition) is 1. The number of amides is 3. The van der Waals surface area contributed by atoms with Crippen LogP contribution in [-0.2, 0) is 9.53 Å². The molecule has 1 heterocycles. The van der Waals surface area contributed by atoms with Crippen LogP contribution < -0.4 is 5.32 Å². The molecular weight excluding hydrogens is 356 g/mol. The molecule has 1 aliphatic heterocycles. The van der Waals surface area contributed by atoms with E-state index in [2.05, 4.69) is 5.32 Å². The van der Waals surface area contributed by atoms with Crippen LogP contribution in [0.1, 0.15) is 45.7 Å². The lowest BCUT2D eigenvalue weighted by atomic mass is 10.0. The molecule has 6 nitrogen and oxygen atoms in total. The lowest BCUT2D eigenvalue weighted by Crippen LogP contribution is -2.50. The fourth-order valence-electron chi connectivity index (χ4n) is 3.34. The normalized spacial score (nSPS) is 13.6. The van der Waals surface area contributed by atoms with Gasteiger partial charge in [0.05, 0.1) is 23.3 Å². The van der Waals surface area contributed by atoms with Crippen molar-refractivity contribution in [2.45, 2.75) is 33.2 Å². The molecule has 0 aromatic heterocycles. The van der Waals surface area contributed by atoms with E-state index in [1.165, 1.54) is 4.90 Å². The maximum absolute atomic E-state index is 12.6. The minimum atomic E-state index is -0.882. The van der Waals surface area contributed by atoms with E-state index in [0.29, 0.717) is 11.1 Å². The highest BCUT2D eigenvalue weighted by atomic mass is 16.5. The Hall–Kier alpha value is -2.99. The zero-order valence-corrected chi connectivity index (χ0v) is 16.5. The van der Waals surface area contributed by atoms with Gasteiger partial charge in [-0.25, -0.2) is 0 Å². The van der Waals surface area contributed by atoms with Crippen LogP contribution in [0.25, 0.3) is 0 Å². The van der Waals surface area contributed by atoms with Crippen molar-refractivity contribution in [3.8, 4) is 0 Å². The average Bonchev–Trinajstić information content (AvgIpc) is 2.89. The number of nitrogens with one attached hydrogen (secondary N) is 1. The van der Waals surface area contributed by atoms with Crippen LogP contribution in [0.15, 0.2) is 42.5 Å².